The van der Waals surface area contributed by atoms with Gasteiger partial charge in [-0.2, -0.15) is 0 Å². The SMILES string of the molecule is CN(C)c1ccc(NC(=O)Nc2ccc(F)cc2F)cc1C(=O)NCCN1CCOCC1. The van der Waals surface area contributed by atoms with Gasteiger partial charge in [0.05, 0.1) is 24.5 Å². The number of nitrogens with zero attached hydrogens (tertiary/aromatic N) is 2. The number of hydrogen-bond donors (Lipinski definition) is 3. The number of hydrogen-bond acceptors (Lipinski definition) is 5. The van der Waals surface area contributed by atoms with E-state index in [4.69, 9.17) is 4.74 Å². The maximum absolute atomic E-state index is 13.8. The molecule has 1 aliphatic rings. The van der Waals surface area contributed by atoms with Crippen molar-refractivity contribution >= 4 is 29.0 Å². The van der Waals surface area contributed by atoms with Gasteiger partial charge in [-0.25, -0.2) is 13.6 Å². The zero-order valence-corrected chi connectivity index (χ0v) is 18.1. The van der Waals surface area contributed by atoms with Crippen molar-refractivity contribution in [2.75, 3.05) is 69.0 Å². The fourth-order valence-electron chi connectivity index (χ4n) is 3.31. The quantitative estimate of drug-likeness (QED) is 0.608. The average molecular weight is 447 g/mol. The van der Waals surface area contributed by atoms with E-state index in [0.717, 1.165) is 31.8 Å². The predicted octanol–water partition coefficient (Wildman–Crippen LogP) is 2.74. The molecule has 172 valence electrons. The molecule has 2 aromatic carbocycles. The topological polar surface area (TPSA) is 85.9 Å². The number of ether oxygens (including phenoxy) is 1. The van der Waals surface area contributed by atoms with Gasteiger partial charge in [0, 0.05) is 57.7 Å². The van der Waals surface area contributed by atoms with Crippen molar-refractivity contribution < 1.29 is 23.1 Å². The van der Waals surface area contributed by atoms with E-state index < -0.39 is 17.7 Å². The lowest BCUT2D eigenvalue weighted by Crippen LogP contribution is -2.41. The van der Waals surface area contributed by atoms with E-state index in [1.165, 1.54) is 0 Å². The van der Waals surface area contributed by atoms with Gasteiger partial charge in [-0.15, -0.1) is 0 Å². The second kappa shape index (κ2) is 10.9. The molecule has 0 bridgehead atoms. The van der Waals surface area contributed by atoms with Gasteiger partial charge in [-0.3, -0.25) is 9.69 Å². The van der Waals surface area contributed by atoms with E-state index in [9.17, 15) is 18.4 Å². The number of carbonyl (C=O) groups excluding carboxylic acids is 2. The molecule has 1 aliphatic heterocycles. The molecule has 2 aromatic rings. The van der Waals surface area contributed by atoms with E-state index in [1.807, 2.05) is 14.1 Å². The standard InChI is InChI=1S/C22H27F2N5O3/c1-28(2)20-6-4-16(26-22(31)27-19-5-3-15(23)13-18(19)24)14-17(20)21(30)25-7-8-29-9-11-32-12-10-29/h3-6,13-14H,7-12H2,1-2H3,(H,25,30)(H2,26,27,31). The first kappa shape index (κ1) is 23.4. The Morgan fingerprint density at radius 3 is 2.50 bits per heavy atom. The zero-order valence-electron chi connectivity index (χ0n) is 18.1. The molecule has 0 unspecified atom stereocenters. The molecular formula is C22H27F2N5O3. The Morgan fingerprint density at radius 2 is 1.81 bits per heavy atom. The lowest BCUT2D eigenvalue weighted by Gasteiger charge is -2.26. The number of anilines is 3. The summed E-state index contributed by atoms with van der Waals surface area (Å²) in [6.45, 7) is 4.25. The average Bonchev–Trinajstić information content (AvgIpc) is 2.76. The number of morpholine rings is 1. The summed E-state index contributed by atoms with van der Waals surface area (Å²) in [4.78, 5) is 29.1. The second-order valence-corrected chi connectivity index (χ2v) is 7.54. The van der Waals surface area contributed by atoms with E-state index in [1.54, 1.807) is 23.1 Å². The van der Waals surface area contributed by atoms with Crippen LogP contribution in [0, 0.1) is 11.6 Å². The van der Waals surface area contributed by atoms with Crippen molar-refractivity contribution in [3.8, 4) is 0 Å². The van der Waals surface area contributed by atoms with Crippen LogP contribution < -0.4 is 20.9 Å². The van der Waals surface area contributed by atoms with E-state index >= 15 is 0 Å². The van der Waals surface area contributed by atoms with Crippen LogP contribution in [0.15, 0.2) is 36.4 Å². The molecule has 10 heteroatoms. The van der Waals surface area contributed by atoms with Crippen LogP contribution in [-0.2, 0) is 4.74 Å². The van der Waals surface area contributed by atoms with Crippen molar-refractivity contribution in [3.05, 3.63) is 53.6 Å². The lowest BCUT2D eigenvalue weighted by molar-refractivity contribution is 0.0383. The molecular weight excluding hydrogens is 420 g/mol. The van der Waals surface area contributed by atoms with E-state index in [0.29, 0.717) is 42.8 Å². The largest absolute Gasteiger partial charge is 0.379 e. The summed E-state index contributed by atoms with van der Waals surface area (Å²) in [5.41, 5.74) is 1.27. The van der Waals surface area contributed by atoms with Crippen LogP contribution in [0.1, 0.15) is 10.4 Å². The monoisotopic (exact) mass is 447 g/mol. The van der Waals surface area contributed by atoms with E-state index in [-0.39, 0.29) is 11.6 Å². The first-order valence-electron chi connectivity index (χ1n) is 10.3. The molecule has 1 heterocycles. The summed E-state index contributed by atoms with van der Waals surface area (Å²) in [5.74, 6) is -1.89. The minimum atomic E-state index is -0.886. The molecule has 3 amide bonds. The fourth-order valence-corrected chi connectivity index (χ4v) is 3.31. The van der Waals surface area contributed by atoms with Gasteiger partial charge in [0.15, 0.2) is 0 Å². The predicted molar refractivity (Wildman–Crippen MR) is 119 cm³/mol. The van der Waals surface area contributed by atoms with Crippen molar-refractivity contribution in [2.45, 2.75) is 0 Å². The summed E-state index contributed by atoms with van der Waals surface area (Å²) in [7, 11) is 3.63. The molecule has 0 spiro atoms. The van der Waals surface area contributed by atoms with Crippen molar-refractivity contribution in [1.29, 1.82) is 0 Å². The summed E-state index contributed by atoms with van der Waals surface area (Å²) in [6.07, 6.45) is 0. The molecule has 0 aromatic heterocycles. The fraction of sp³-hybridized carbons (Fsp3) is 0.364. The Hall–Kier alpha value is -3.24. The maximum atomic E-state index is 13.8. The number of benzene rings is 2. The Bertz CT molecular complexity index is 965. The van der Waals surface area contributed by atoms with Crippen molar-refractivity contribution in [1.82, 2.24) is 10.2 Å². The van der Waals surface area contributed by atoms with Crippen molar-refractivity contribution in [3.63, 3.8) is 0 Å². The van der Waals surface area contributed by atoms with Crippen LogP contribution in [0.3, 0.4) is 0 Å². The first-order chi connectivity index (χ1) is 15.3. The highest BCUT2D eigenvalue weighted by Gasteiger charge is 2.16. The Morgan fingerprint density at radius 1 is 1.06 bits per heavy atom. The van der Waals surface area contributed by atoms with Gasteiger partial charge >= 0.3 is 6.03 Å². The Balaban J connectivity index is 1.65. The normalized spacial score (nSPS) is 14.0. The number of amides is 3. The number of nitrogens with one attached hydrogen (secondary N) is 3. The van der Waals surface area contributed by atoms with Gasteiger partial charge in [-0.05, 0) is 30.3 Å². The third kappa shape index (κ3) is 6.38. The highest BCUT2D eigenvalue weighted by Crippen LogP contribution is 2.23. The molecule has 0 atom stereocenters. The van der Waals surface area contributed by atoms with Gasteiger partial charge in [-0.1, -0.05) is 0 Å². The molecule has 1 fully saturated rings. The lowest BCUT2D eigenvalue weighted by atomic mass is 10.1. The summed E-state index contributed by atoms with van der Waals surface area (Å²) >= 11 is 0. The molecule has 0 radical (unpaired) electrons. The third-order valence-corrected chi connectivity index (χ3v) is 4.98. The molecule has 0 saturated carbocycles. The maximum Gasteiger partial charge on any atom is 0.323 e. The van der Waals surface area contributed by atoms with Gasteiger partial charge in [0.1, 0.15) is 11.6 Å². The minimum Gasteiger partial charge on any atom is -0.379 e. The summed E-state index contributed by atoms with van der Waals surface area (Å²) < 4.78 is 32.1. The molecule has 32 heavy (non-hydrogen) atoms. The van der Waals surface area contributed by atoms with Crippen LogP contribution in [0.25, 0.3) is 0 Å². The summed E-state index contributed by atoms with van der Waals surface area (Å²) in [5, 5.41) is 7.81. The molecule has 0 aliphatic carbocycles. The van der Waals surface area contributed by atoms with Crippen LogP contribution in [0.5, 0.6) is 0 Å². The Kier molecular flexibility index (Phi) is 7.96. The second-order valence-electron chi connectivity index (χ2n) is 7.54. The summed E-state index contributed by atoms with van der Waals surface area (Å²) in [6, 6.07) is 7.05. The van der Waals surface area contributed by atoms with Gasteiger partial charge < -0.3 is 25.6 Å². The Labute approximate surface area is 185 Å². The smallest absolute Gasteiger partial charge is 0.323 e. The molecule has 3 rings (SSSR count). The third-order valence-electron chi connectivity index (χ3n) is 4.98. The van der Waals surface area contributed by atoms with Crippen molar-refractivity contribution in [2.24, 2.45) is 0 Å². The van der Waals surface area contributed by atoms with Gasteiger partial charge in [0.2, 0.25) is 0 Å². The minimum absolute atomic E-state index is 0.158. The highest BCUT2D eigenvalue weighted by atomic mass is 19.1. The molecule has 3 N–H and O–H groups in total. The van der Waals surface area contributed by atoms with Crippen LogP contribution >= 0.6 is 0 Å². The number of carbonyl (C=O) groups is 2. The molecule has 1 saturated heterocycles. The van der Waals surface area contributed by atoms with Crippen LogP contribution in [-0.4, -0.2) is 70.3 Å². The van der Waals surface area contributed by atoms with Gasteiger partial charge in [0.25, 0.3) is 5.91 Å². The number of halogens is 2. The van der Waals surface area contributed by atoms with Crippen LogP contribution in [0.2, 0.25) is 0 Å². The first-order valence-corrected chi connectivity index (χ1v) is 10.3. The van der Waals surface area contributed by atoms with E-state index in [2.05, 4.69) is 20.9 Å². The highest BCUT2D eigenvalue weighted by molar-refractivity contribution is 6.04. The zero-order chi connectivity index (χ0) is 23.1. The number of urea groups is 1. The number of rotatable bonds is 7. The molecule has 8 nitrogen and oxygen atoms in total. The van der Waals surface area contributed by atoms with Crippen LogP contribution in [0.4, 0.5) is 30.6 Å².